The maximum absolute atomic E-state index is 12.8. The van der Waals surface area contributed by atoms with Crippen LogP contribution in [0.2, 0.25) is 0 Å². The van der Waals surface area contributed by atoms with Crippen molar-refractivity contribution in [3.05, 3.63) is 35.9 Å². The zero-order valence-electron chi connectivity index (χ0n) is 17.1. The number of amides is 1. The second kappa shape index (κ2) is 12.1. The van der Waals surface area contributed by atoms with Crippen LogP contribution in [0.1, 0.15) is 44.6 Å². The Bertz CT molecular complexity index is 530. The molecule has 152 valence electrons. The molecule has 0 aromatic heterocycles. The van der Waals surface area contributed by atoms with Crippen LogP contribution in [-0.4, -0.2) is 73.2 Å². The molecule has 27 heavy (non-hydrogen) atoms. The number of piperazine rings is 1. The molecular formula is C22H37N3O2. The van der Waals surface area contributed by atoms with Crippen molar-refractivity contribution in [1.29, 1.82) is 0 Å². The van der Waals surface area contributed by atoms with Crippen LogP contribution in [0.3, 0.4) is 0 Å². The van der Waals surface area contributed by atoms with Crippen LogP contribution in [0.4, 0.5) is 0 Å². The molecule has 2 unspecified atom stereocenters. The number of nitrogens with zero attached hydrogens (tertiary/aromatic N) is 2. The first-order valence-corrected chi connectivity index (χ1v) is 10.5. The van der Waals surface area contributed by atoms with Crippen molar-refractivity contribution in [3.8, 4) is 0 Å². The van der Waals surface area contributed by atoms with Gasteiger partial charge in [0, 0.05) is 39.3 Å². The van der Waals surface area contributed by atoms with Gasteiger partial charge in [0.1, 0.15) is 0 Å². The zero-order valence-corrected chi connectivity index (χ0v) is 17.1. The summed E-state index contributed by atoms with van der Waals surface area (Å²) in [6.45, 7) is 11.4. The Kier molecular flexibility index (Phi) is 9.81. The van der Waals surface area contributed by atoms with E-state index in [1.165, 1.54) is 0 Å². The van der Waals surface area contributed by atoms with Crippen molar-refractivity contribution in [2.45, 2.75) is 39.0 Å². The van der Waals surface area contributed by atoms with Crippen molar-refractivity contribution in [1.82, 2.24) is 15.1 Å². The highest BCUT2D eigenvalue weighted by atomic mass is 16.3. The molecule has 1 aromatic carbocycles. The van der Waals surface area contributed by atoms with E-state index in [9.17, 15) is 4.79 Å². The Morgan fingerprint density at radius 1 is 1.07 bits per heavy atom. The highest BCUT2D eigenvalue weighted by molar-refractivity contribution is 5.83. The van der Waals surface area contributed by atoms with Gasteiger partial charge in [-0.25, -0.2) is 0 Å². The fourth-order valence-electron chi connectivity index (χ4n) is 3.79. The second-order valence-corrected chi connectivity index (χ2v) is 7.68. The van der Waals surface area contributed by atoms with E-state index < -0.39 is 0 Å². The van der Waals surface area contributed by atoms with Gasteiger partial charge in [0.25, 0.3) is 0 Å². The summed E-state index contributed by atoms with van der Waals surface area (Å²) in [7, 11) is 0. The van der Waals surface area contributed by atoms with Crippen LogP contribution in [0.25, 0.3) is 0 Å². The SMILES string of the molecule is CCC(C)C(C(=O)NCCCCN1CCN(CCO)CC1)c1ccccc1. The number of aliphatic hydroxyl groups is 1. The molecule has 1 saturated heterocycles. The van der Waals surface area contributed by atoms with E-state index in [0.717, 1.165) is 70.6 Å². The minimum absolute atomic E-state index is 0.0594. The third-order valence-electron chi connectivity index (χ3n) is 5.74. The van der Waals surface area contributed by atoms with E-state index in [1.54, 1.807) is 0 Å². The van der Waals surface area contributed by atoms with Gasteiger partial charge in [-0.15, -0.1) is 0 Å². The Morgan fingerprint density at radius 2 is 1.70 bits per heavy atom. The van der Waals surface area contributed by atoms with Crippen LogP contribution in [-0.2, 0) is 4.79 Å². The molecule has 2 N–H and O–H groups in total. The number of rotatable bonds is 11. The zero-order chi connectivity index (χ0) is 19.5. The van der Waals surface area contributed by atoms with Gasteiger partial charge in [-0.2, -0.15) is 0 Å². The highest BCUT2D eigenvalue weighted by Crippen LogP contribution is 2.27. The molecule has 0 saturated carbocycles. The van der Waals surface area contributed by atoms with Crippen LogP contribution in [0.15, 0.2) is 30.3 Å². The monoisotopic (exact) mass is 375 g/mol. The topological polar surface area (TPSA) is 55.8 Å². The molecule has 1 aliphatic rings. The lowest BCUT2D eigenvalue weighted by atomic mass is 9.85. The van der Waals surface area contributed by atoms with Crippen LogP contribution >= 0.6 is 0 Å². The average Bonchev–Trinajstić information content (AvgIpc) is 2.70. The summed E-state index contributed by atoms with van der Waals surface area (Å²) in [5.41, 5.74) is 1.12. The molecule has 0 aliphatic carbocycles. The second-order valence-electron chi connectivity index (χ2n) is 7.68. The van der Waals surface area contributed by atoms with E-state index in [-0.39, 0.29) is 18.4 Å². The first-order valence-electron chi connectivity index (χ1n) is 10.5. The summed E-state index contributed by atoms with van der Waals surface area (Å²) in [6.07, 6.45) is 3.12. The molecule has 1 heterocycles. The molecule has 1 aliphatic heterocycles. The van der Waals surface area contributed by atoms with Crippen molar-refractivity contribution >= 4 is 5.91 Å². The summed E-state index contributed by atoms with van der Waals surface area (Å²) in [5, 5.41) is 12.2. The standard InChI is InChI=1S/C22H37N3O2/c1-3-19(2)21(20-9-5-4-6-10-20)22(27)23-11-7-8-12-24-13-15-25(16-14-24)17-18-26/h4-6,9-10,19,21,26H,3,7-8,11-18H2,1-2H3,(H,23,27). The first-order chi connectivity index (χ1) is 13.2. The molecule has 1 fully saturated rings. The van der Waals surface area contributed by atoms with E-state index in [2.05, 4.69) is 41.1 Å². The van der Waals surface area contributed by atoms with Crippen LogP contribution in [0, 0.1) is 5.92 Å². The number of hydrogen-bond donors (Lipinski definition) is 2. The minimum atomic E-state index is -0.0594. The summed E-state index contributed by atoms with van der Waals surface area (Å²) in [5.74, 6) is 0.437. The van der Waals surface area contributed by atoms with E-state index in [0.29, 0.717) is 5.92 Å². The smallest absolute Gasteiger partial charge is 0.227 e. The quantitative estimate of drug-likeness (QED) is 0.583. The van der Waals surface area contributed by atoms with Gasteiger partial charge in [-0.05, 0) is 30.9 Å². The van der Waals surface area contributed by atoms with Gasteiger partial charge in [-0.1, -0.05) is 50.6 Å². The summed E-state index contributed by atoms with van der Waals surface area (Å²) in [6, 6.07) is 10.1. The van der Waals surface area contributed by atoms with Gasteiger partial charge in [0.15, 0.2) is 0 Å². The Labute approximate surface area is 164 Å². The molecule has 5 heteroatoms. The van der Waals surface area contributed by atoms with E-state index >= 15 is 0 Å². The number of nitrogens with one attached hydrogen (secondary N) is 1. The van der Waals surface area contributed by atoms with Crippen molar-refractivity contribution in [2.75, 3.05) is 52.4 Å². The Hall–Kier alpha value is -1.43. The van der Waals surface area contributed by atoms with Gasteiger partial charge in [0.2, 0.25) is 5.91 Å². The van der Waals surface area contributed by atoms with Gasteiger partial charge >= 0.3 is 0 Å². The molecule has 0 bridgehead atoms. The number of hydrogen-bond acceptors (Lipinski definition) is 4. The lowest BCUT2D eigenvalue weighted by molar-refractivity contribution is -0.123. The Balaban J connectivity index is 1.67. The first kappa shape index (κ1) is 21.9. The number of carbonyl (C=O) groups is 1. The lowest BCUT2D eigenvalue weighted by Crippen LogP contribution is -2.47. The fraction of sp³-hybridized carbons (Fsp3) is 0.682. The molecular weight excluding hydrogens is 338 g/mol. The van der Waals surface area contributed by atoms with Gasteiger partial charge < -0.3 is 15.3 Å². The number of aliphatic hydroxyl groups excluding tert-OH is 1. The predicted octanol–water partition coefficient (Wildman–Crippen LogP) is 2.32. The van der Waals surface area contributed by atoms with E-state index in [1.807, 2.05) is 18.2 Å². The predicted molar refractivity (Wildman–Crippen MR) is 111 cm³/mol. The highest BCUT2D eigenvalue weighted by Gasteiger charge is 2.25. The van der Waals surface area contributed by atoms with Crippen molar-refractivity contribution < 1.29 is 9.90 Å². The Morgan fingerprint density at radius 3 is 2.30 bits per heavy atom. The van der Waals surface area contributed by atoms with Gasteiger partial charge in [-0.3, -0.25) is 9.69 Å². The molecule has 2 atom stereocenters. The summed E-state index contributed by atoms with van der Waals surface area (Å²) >= 11 is 0. The molecule has 5 nitrogen and oxygen atoms in total. The molecule has 0 radical (unpaired) electrons. The minimum Gasteiger partial charge on any atom is -0.395 e. The van der Waals surface area contributed by atoms with Crippen molar-refractivity contribution in [3.63, 3.8) is 0 Å². The largest absolute Gasteiger partial charge is 0.395 e. The maximum Gasteiger partial charge on any atom is 0.227 e. The van der Waals surface area contributed by atoms with Crippen LogP contribution < -0.4 is 5.32 Å². The van der Waals surface area contributed by atoms with Gasteiger partial charge in [0.05, 0.1) is 12.5 Å². The third-order valence-corrected chi connectivity index (χ3v) is 5.74. The number of benzene rings is 1. The molecule has 1 amide bonds. The summed E-state index contributed by atoms with van der Waals surface area (Å²) in [4.78, 5) is 17.6. The fourth-order valence-corrected chi connectivity index (χ4v) is 3.79. The van der Waals surface area contributed by atoms with Crippen molar-refractivity contribution in [2.24, 2.45) is 5.92 Å². The molecule has 0 spiro atoms. The molecule has 1 aromatic rings. The number of β-amino-alcohol motifs (C(OH)–C–C–N with tert-alkyl or cyclic N) is 1. The van der Waals surface area contributed by atoms with E-state index in [4.69, 9.17) is 5.11 Å². The van der Waals surface area contributed by atoms with Crippen LogP contribution in [0.5, 0.6) is 0 Å². The lowest BCUT2D eigenvalue weighted by Gasteiger charge is -2.34. The summed E-state index contributed by atoms with van der Waals surface area (Å²) < 4.78 is 0. The third kappa shape index (κ3) is 7.24. The average molecular weight is 376 g/mol. The number of unbranched alkanes of at least 4 members (excludes halogenated alkanes) is 1. The molecule has 2 rings (SSSR count). The number of carbonyl (C=O) groups excluding carboxylic acids is 1. The maximum atomic E-state index is 12.8. The normalized spacial score (nSPS) is 18.2.